The van der Waals surface area contributed by atoms with Crippen molar-refractivity contribution in [2.75, 3.05) is 13.2 Å². The van der Waals surface area contributed by atoms with Crippen LogP contribution in [0.25, 0.3) is 27.2 Å². The molecule has 1 saturated heterocycles. The molecule has 0 saturated carbocycles. The van der Waals surface area contributed by atoms with Crippen LogP contribution < -0.4 is 5.56 Å². The highest BCUT2D eigenvalue weighted by atomic mass is 32.7. The predicted molar refractivity (Wildman–Crippen MR) is 150 cm³/mol. The lowest BCUT2D eigenvalue weighted by Gasteiger charge is -2.23. The van der Waals surface area contributed by atoms with Gasteiger partial charge in [-0.1, -0.05) is 12.2 Å². The van der Waals surface area contributed by atoms with Crippen LogP contribution in [-0.4, -0.2) is 64.4 Å². The number of imidazole rings is 2. The number of fused-ring (bicyclic) bond motifs is 6. The maximum absolute atomic E-state index is 13.5. The van der Waals surface area contributed by atoms with Gasteiger partial charge in [-0.3, -0.25) is 18.4 Å². The van der Waals surface area contributed by atoms with E-state index >= 15 is 0 Å². The first-order valence-corrected chi connectivity index (χ1v) is 17.4. The second kappa shape index (κ2) is 10.9. The average Bonchev–Trinajstić information content (AvgIpc) is 3.60. The Labute approximate surface area is 241 Å². The van der Waals surface area contributed by atoms with Gasteiger partial charge < -0.3 is 28.2 Å². The molecular formula is C21H22N8O8P2S2. The zero-order valence-corrected chi connectivity index (χ0v) is 24.7. The number of aryl methyl sites for hydroxylation is 1. The van der Waals surface area contributed by atoms with Gasteiger partial charge in [-0.15, -0.1) is 0 Å². The number of ether oxygens (including phenoxy) is 1. The Bertz CT molecular complexity index is 1850. The van der Waals surface area contributed by atoms with Crippen LogP contribution in [0.1, 0.15) is 24.3 Å². The Morgan fingerprint density at radius 3 is 2.90 bits per heavy atom. The first kappa shape index (κ1) is 28.6. The summed E-state index contributed by atoms with van der Waals surface area (Å²) in [6.45, 7) is 0.754. The summed E-state index contributed by atoms with van der Waals surface area (Å²) >= 11 is 9.39. The van der Waals surface area contributed by atoms with Crippen LogP contribution in [0.5, 0.6) is 0 Å². The third-order valence-electron chi connectivity index (χ3n) is 6.37. The molecule has 2 unspecified atom stereocenters. The molecule has 6 rings (SSSR count). The molecule has 0 aromatic carbocycles. The van der Waals surface area contributed by atoms with Crippen LogP contribution in [0.2, 0.25) is 0 Å². The van der Waals surface area contributed by atoms with Crippen molar-refractivity contribution in [3.05, 3.63) is 52.0 Å². The smallest absolute Gasteiger partial charge is 0.349 e. The molecule has 41 heavy (non-hydrogen) atoms. The molecule has 2 N–H and O–H groups in total. The van der Waals surface area contributed by atoms with Gasteiger partial charge >= 0.3 is 13.5 Å². The van der Waals surface area contributed by atoms with Crippen molar-refractivity contribution >= 4 is 65.6 Å². The Morgan fingerprint density at radius 2 is 2.10 bits per heavy atom. The van der Waals surface area contributed by atoms with Crippen molar-refractivity contribution in [2.45, 2.75) is 44.9 Å². The first-order valence-electron chi connectivity index (χ1n) is 12.1. The van der Waals surface area contributed by atoms with E-state index in [-0.39, 0.29) is 49.6 Å². The van der Waals surface area contributed by atoms with Gasteiger partial charge in [0.05, 0.1) is 37.7 Å². The lowest BCUT2D eigenvalue weighted by molar-refractivity contribution is -0.0440. The van der Waals surface area contributed by atoms with E-state index in [2.05, 4.69) is 42.0 Å². The van der Waals surface area contributed by atoms with E-state index in [1.807, 2.05) is 0 Å². The van der Waals surface area contributed by atoms with Crippen molar-refractivity contribution in [1.82, 2.24) is 34.1 Å². The third kappa shape index (κ3) is 5.88. The molecule has 5 atom stereocenters. The first-order chi connectivity index (χ1) is 19.5. The maximum Gasteiger partial charge on any atom is 0.386 e. The van der Waals surface area contributed by atoms with E-state index < -0.39 is 37.5 Å². The van der Waals surface area contributed by atoms with Gasteiger partial charge in [0, 0.05) is 19.2 Å². The number of aromatic amines is 1. The summed E-state index contributed by atoms with van der Waals surface area (Å²) in [5, 5.41) is 0. The van der Waals surface area contributed by atoms with Crippen LogP contribution in [0.3, 0.4) is 0 Å². The highest BCUT2D eigenvalue weighted by molar-refractivity contribution is 8.44. The lowest BCUT2D eigenvalue weighted by atomic mass is 10.2. The van der Waals surface area contributed by atoms with Gasteiger partial charge in [-0.2, -0.15) is 0 Å². The Hall–Kier alpha value is -2.55. The topological polar surface area (TPSA) is 182 Å². The van der Waals surface area contributed by atoms with E-state index in [0.29, 0.717) is 22.8 Å². The normalized spacial score (nSPS) is 29.6. The number of hydrogen-bond donors (Lipinski definition) is 3. The van der Waals surface area contributed by atoms with Crippen LogP contribution in [0.15, 0.2) is 23.4 Å². The molecule has 4 aromatic rings. The lowest BCUT2D eigenvalue weighted by Crippen LogP contribution is -2.22. The van der Waals surface area contributed by atoms with E-state index in [1.54, 1.807) is 17.6 Å². The number of H-pyrrole nitrogens is 1. The summed E-state index contributed by atoms with van der Waals surface area (Å²) in [5.74, 6) is 0.658. The van der Waals surface area contributed by atoms with Crippen LogP contribution >= 0.6 is 25.8 Å². The van der Waals surface area contributed by atoms with E-state index in [9.17, 15) is 14.3 Å². The summed E-state index contributed by atoms with van der Waals surface area (Å²) < 4.78 is 45.3. The number of pyridine rings is 1. The minimum absolute atomic E-state index is 0.0646. The van der Waals surface area contributed by atoms with Crippen molar-refractivity contribution in [3.63, 3.8) is 0 Å². The number of rotatable bonds is 1. The summed E-state index contributed by atoms with van der Waals surface area (Å²) in [6.07, 6.45) is 0.340. The molecule has 0 spiro atoms. The van der Waals surface area contributed by atoms with Crippen LogP contribution in [0, 0.1) is 13.5 Å². The van der Waals surface area contributed by atoms with Gasteiger partial charge in [0.25, 0.3) is 5.56 Å². The second-order valence-electron chi connectivity index (χ2n) is 9.17. The minimum atomic E-state index is -4.04. The van der Waals surface area contributed by atoms with E-state index in [0.717, 1.165) is 0 Å². The number of aromatic nitrogens is 7. The molecule has 216 valence electrons. The molecule has 16 nitrogen and oxygen atoms in total. The predicted octanol–water partition coefficient (Wildman–Crippen LogP) is 2.91. The molecule has 20 heteroatoms. The van der Waals surface area contributed by atoms with Gasteiger partial charge in [0.1, 0.15) is 24.4 Å². The van der Waals surface area contributed by atoms with Crippen molar-refractivity contribution < 1.29 is 32.3 Å². The largest absolute Gasteiger partial charge is 0.386 e. The standard InChI is InChI=1S/C21H22N8O8P2S2/c1-11-25-19-17(20(30)26-11)24-10-29(19)21-15-6-13(36-21)8-34-38(31,40)33-4-3-28-16(9-35-39(32,41)37-15)27-14-5-12(22-2)7-23-18(14)28/h5,7,10,13,15,21H,3-4,6,8-9H2,1H3,(H,31,40)(H,32,41)(H,25,26,30)/t13-,15+,21+,38?,39?/m0/s1. The van der Waals surface area contributed by atoms with Crippen LogP contribution in [0.4, 0.5) is 5.69 Å². The molecule has 2 bridgehead atoms. The fourth-order valence-electron chi connectivity index (χ4n) is 4.64. The number of hydrogen-bond acceptors (Lipinski definition) is 12. The van der Waals surface area contributed by atoms with Gasteiger partial charge in [0.15, 0.2) is 23.0 Å². The van der Waals surface area contributed by atoms with E-state index in [4.69, 9.17) is 41.2 Å². The zero-order valence-electron chi connectivity index (χ0n) is 21.2. The number of thiol groups is 1. The van der Waals surface area contributed by atoms with Gasteiger partial charge in [0.2, 0.25) is 5.69 Å². The Balaban J connectivity index is 1.35. The maximum atomic E-state index is 13.5. The quantitative estimate of drug-likeness (QED) is 0.157. The molecule has 0 amide bonds. The Kier molecular flexibility index (Phi) is 7.62. The zero-order chi connectivity index (χ0) is 28.9. The van der Waals surface area contributed by atoms with Crippen molar-refractivity contribution in [1.29, 1.82) is 0 Å². The Morgan fingerprint density at radius 1 is 1.27 bits per heavy atom. The third-order valence-corrected chi connectivity index (χ3v) is 9.61. The van der Waals surface area contributed by atoms with E-state index in [1.165, 1.54) is 17.1 Å². The average molecular weight is 641 g/mol. The molecule has 6 heterocycles. The number of nitrogens with one attached hydrogen (secondary N) is 1. The molecule has 4 aromatic heterocycles. The SMILES string of the molecule is [C-]#[N+]c1cnc2c(c1)nc1n2CCOP(O)(=S)OC[C@@H]2C[C@@H](OP(=O)(S)OC1)[C@H](n1cnc3c(=O)[nH]c(C)nc31)O2. The molecule has 2 aliphatic heterocycles. The van der Waals surface area contributed by atoms with Crippen molar-refractivity contribution in [2.24, 2.45) is 0 Å². The summed E-state index contributed by atoms with van der Waals surface area (Å²) in [5.41, 5.74) is 0.992. The summed E-state index contributed by atoms with van der Waals surface area (Å²) in [4.78, 5) is 46.3. The van der Waals surface area contributed by atoms with Gasteiger partial charge in [-0.25, -0.2) is 29.3 Å². The monoisotopic (exact) mass is 640 g/mol. The molecule has 0 aliphatic carbocycles. The second-order valence-corrected chi connectivity index (χ2v) is 14.9. The minimum Gasteiger partial charge on any atom is -0.349 e. The van der Waals surface area contributed by atoms with Crippen LogP contribution in [-0.2, 0) is 52.4 Å². The van der Waals surface area contributed by atoms with Gasteiger partial charge in [-0.05, 0) is 24.8 Å². The summed E-state index contributed by atoms with van der Waals surface area (Å²) in [6, 6.07) is 1.56. The fraction of sp³-hybridized carbons (Fsp3) is 0.429. The highest BCUT2D eigenvalue weighted by Gasteiger charge is 2.43. The molecule has 0 radical (unpaired) electrons. The highest BCUT2D eigenvalue weighted by Crippen LogP contribution is 2.57. The van der Waals surface area contributed by atoms with Crippen molar-refractivity contribution in [3.8, 4) is 0 Å². The fourth-order valence-corrected chi connectivity index (χ4v) is 7.20. The molecule has 1 fully saturated rings. The molecular weight excluding hydrogens is 618 g/mol. The summed E-state index contributed by atoms with van der Waals surface area (Å²) in [7, 11) is 0. The molecule has 2 aliphatic rings. The number of nitrogens with zero attached hydrogens (tertiary/aromatic N) is 7.